The third kappa shape index (κ3) is 3.78. The maximum absolute atomic E-state index is 13.3. The highest BCUT2D eigenvalue weighted by molar-refractivity contribution is 7.89. The molecule has 0 aliphatic carbocycles. The van der Waals surface area contributed by atoms with E-state index >= 15 is 0 Å². The molecular weight excluding hydrogens is 402 g/mol. The van der Waals surface area contributed by atoms with Gasteiger partial charge in [-0.1, -0.05) is 0 Å². The van der Waals surface area contributed by atoms with Crippen LogP contribution in [0.2, 0.25) is 0 Å². The van der Waals surface area contributed by atoms with Crippen molar-refractivity contribution < 1.29 is 8.42 Å². The van der Waals surface area contributed by atoms with Crippen LogP contribution >= 0.6 is 0 Å². The molecule has 4 heterocycles. The van der Waals surface area contributed by atoms with Crippen molar-refractivity contribution in [1.82, 2.24) is 24.1 Å². The van der Waals surface area contributed by atoms with Gasteiger partial charge in [-0.2, -0.15) is 9.40 Å². The Kier molecular flexibility index (Phi) is 5.71. The Labute approximate surface area is 178 Å². The molecule has 10 heteroatoms. The van der Waals surface area contributed by atoms with Gasteiger partial charge in [0.25, 0.3) is 0 Å². The predicted molar refractivity (Wildman–Crippen MR) is 117 cm³/mol. The summed E-state index contributed by atoms with van der Waals surface area (Å²) in [5.41, 5.74) is 1.28. The Morgan fingerprint density at radius 2 is 1.47 bits per heavy atom. The molecule has 0 radical (unpaired) electrons. The molecule has 2 aliphatic heterocycles. The Balaban J connectivity index is 1.51. The molecule has 0 saturated carbocycles. The summed E-state index contributed by atoms with van der Waals surface area (Å²) in [4.78, 5) is 14.0. The minimum atomic E-state index is -3.57. The van der Waals surface area contributed by atoms with Crippen molar-refractivity contribution in [2.24, 2.45) is 0 Å². The zero-order valence-corrected chi connectivity index (χ0v) is 19.1. The second-order valence-electron chi connectivity index (χ2n) is 8.03. The molecule has 0 N–H and O–H groups in total. The lowest BCUT2D eigenvalue weighted by Crippen LogP contribution is -2.49. The third-order valence-electron chi connectivity index (χ3n) is 6.02. The van der Waals surface area contributed by atoms with Gasteiger partial charge in [-0.05, 0) is 40.5 Å². The number of hydrogen-bond acceptors (Lipinski definition) is 7. The molecule has 30 heavy (non-hydrogen) atoms. The molecule has 0 bridgehead atoms. The quantitative estimate of drug-likeness (QED) is 0.710. The number of hydrogen-bond donors (Lipinski definition) is 0. The van der Waals surface area contributed by atoms with Crippen LogP contribution in [-0.2, 0) is 16.6 Å². The molecule has 9 nitrogen and oxygen atoms in total. The van der Waals surface area contributed by atoms with E-state index < -0.39 is 10.0 Å². The van der Waals surface area contributed by atoms with Gasteiger partial charge in [-0.25, -0.2) is 18.4 Å². The Morgan fingerprint density at radius 3 is 2.00 bits per heavy atom. The monoisotopic (exact) mass is 433 g/mol. The first-order valence-electron chi connectivity index (χ1n) is 10.7. The van der Waals surface area contributed by atoms with E-state index in [1.807, 2.05) is 26.8 Å². The number of nitrogens with zero attached hydrogens (tertiary/aromatic N) is 7. The molecular formula is C20H31N7O2S. The Morgan fingerprint density at radius 1 is 0.900 bits per heavy atom. The summed E-state index contributed by atoms with van der Waals surface area (Å²) < 4.78 is 29.9. The van der Waals surface area contributed by atoms with Crippen molar-refractivity contribution in [3.05, 3.63) is 23.3 Å². The maximum Gasteiger partial charge on any atom is 0.246 e. The summed E-state index contributed by atoms with van der Waals surface area (Å²) in [6, 6.07) is 2.04. The highest BCUT2D eigenvalue weighted by atomic mass is 32.2. The second-order valence-corrected chi connectivity index (χ2v) is 9.91. The highest BCUT2D eigenvalue weighted by Crippen LogP contribution is 2.27. The smallest absolute Gasteiger partial charge is 0.246 e. The molecule has 2 fully saturated rings. The van der Waals surface area contributed by atoms with Gasteiger partial charge in [-0.3, -0.25) is 4.68 Å². The molecule has 2 aromatic rings. The summed E-state index contributed by atoms with van der Waals surface area (Å²) in [5, 5.41) is 4.39. The van der Waals surface area contributed by atoms with Crippen LogP contribution < -0.4 is 9.80 Å². The average Bonchev–Trinajstić information content (AvgIpc) is 3.35. The number of aryl methyl sites for hydroxylation is 3. The van der Waals surface area contributed by atoms with Gasteiger partial charge in [0.1, 0.15) is 22.4 Å². The van der Waals surface area contributed by atoms with Gasteiger partial charge in [0.15, 0.2) is 0 Å². The fraction of sp³-hybridized carbons (Fsp3) is 0.650. The molecule has 0 aromatic carbocycles. The number of sulfonamides is 1. The van der Waals surface area contributed by atoms with Crippen LogP contribution in [0.1, 0.15) is 37.0 Å². The van der Waals surface area contributed by atoms with Crippen LogP contribution in [0.4, 0.5) is 11.6 Å². The lowest BCUT2D eigenvalue weighted by atomic mass is 10.3. The molecule has 0 unspecified atom stereocenters. The third-order valence-corrected chi connectivity index (χ3v) is 8.17. The SMILES string of the molecule is CCn1nc(C)c(S(=O)(=O)N2CCN(c3cc(N4CCCC4)nc(C)n3)CC2)c1C. The molecule has 0 atom stereocenters. The van der Waals surface area contributed by atoms with Crippen molar-refractivity contribution in [2.75, 3.05) is 49.1 Å². The van der Waals surface area contributed by atoms with Gasteiger partial charge >= 0.3 is 0 Å². The standard InChI is InChI=1S/C20H31N7O2S/c1-5-27-16(3)20(15(2)23-27)30(28,29)26-12-10-25(11-13-26)19-14-18(21-17(4)22-19)24-8-6-7-9-24/h14H,5-13H2,1-4H3. The van der Waals surface area contributed by atoms with Crippen molar-refractivity contribution in [1.29, 1.82) is 0 Å². The van der Waals surface area contributed by atoms with Crippen molar-refractivity contribution in [3.63, 3.8) is 0 Å². The zero-order valence-electron chi connectivity index (χ0n) is 18.3. The minimum absolute atomic E-state index is 0.354. The van der Waals surface area contributed by atoms with E-state index in [4.69, 9.17) is 0 Å². The predicted octanol–water partition coefficient (Wildman–Crippen LogP) is 1.73. The van der Waals surface area contributed by atoms with Crippen LogP contribution in [-0.4, -0.2) is 71.7 Å². The van der Waals surface area contributed by atoms with Gasteiger partial charge in [-0.15, -0.1) is 0 Å². The first-order valence-corrected chi connectivity index (χ1v) is 12.1. The number of aromatic nitrogens is 4. The average molecular weight is 434 g/mol. The maximum atomic E-state index is 13.3. The van der Waals surface area contributed by atoms with Crippen LogP contribution in [0.15, 0.2) is 11.0 Å². The van der Waals surface area contributed by atoms with Crippen LogP contribution in [0.25, 0.3) is 0 Å². The second kappa shape index (κ2) is 8.14. The largest absolute Gasteiger partial charge is 0.356 e. The lowest BCUT2D eigenvalue weighted by molar-refractivity contribution is 0.383. The Hall–Kier alpha value is -2.20. The van der Waals surface area contributed by atoms with Crippen LogP contribution in [0.5, 0.6) is 0 Å². The van der Waals surface area contributed by atoms with Crippen LogP contribution in [0.3, 0.4) is 0 Å². The van der Waals surface area contributed by atoms with E-state index in [1.165, 1.54) is 12.8 Å². The summed E-state index contributed by atoms with van der Waals surface area (Å²) in [5.74, 6) is 2.61. The number of piperazine rings is 1. The van der Waals surface area contributed by atoms with Gasteiger partial charge in [0.2, 0.25) is 10.0 Å². The molecule has 4 rings (SSSR count). The van der Waals surface area contributed by atoms with E-state index in [9.17, 15) is 8.42 Å². The van der Waals surface area contributed by atoms with E-state index in [1.54, 1.807) is 15.9 Å². The number of rotatable bonds is 5. The fourth-order valence-corrected chi connectivity index (χ4v) is 6.25. The van der Waals surface area contributed by atoms with E-state index in [-0.39, 0.29) is 0 Å². The van der Waals surface area contributed by atoms with E-state index in [2.05, 4.69) is 24.9 Å². The van der Waals surface area contributed by atoms with Gasteiger partial charge < -0.3 is 9.80 Å². The Bertz CT molecular complexity index is 1020. The molecule has 0 amide bonds. The first kappa shape index (κ1) is 21.0. The zero-order chi connectivity index (χ0) is 21.5. The molecule has 2 aromatic heterocycles. The topological polar surface area (TPSA) is 87.5 Å². The summed E-state index contributed by atoms with van der Waals surface area (Å²) in [6.45, 7) is 12.3. The van der Waals surface area contributed by atoms with Crippen molar-refractivity contribution in [3.8, 4) is 0 Å². The summed E-state index contributed by atoms with van der Waals surface area (Å²) in [6.07, 6.45) is 2.39. The van der Waals surface area contributed by atoms with E-state index in [0.717, 1.165) is 30.5 Å². The molecule has 2 saturated heterocycles. The van der Waals surface area contributed by atoms with E-state index in [0.29, 0.717) is 49.0 Å². The van der Waals surface area contributed by atoms with Crippen LogP contribution in [0, 0.1) is 20.8 Å². The summed E-state index contributed by atoms with van der Waals surface area (Å²) >= 11 is 0. The normalized spacial score (nSPS) is 18.4. The summed E-state index contributed by atoms with van der Waals surface area (Å²) in [7, 11) is -3.57. The lowest BCUT2D eigenvalue weighted by Gasteiger charge is -2.35. The van der Waals surface area contributed by atoms with Crippen molar-refractivity contribution >= 4 is 21.7 Å². The molecule has 0 spiro atoms. The first-order chi connectivity index (χ1) is 14.3. The highest BCUT2D eigenvalue weighted by Gasteiger charge is 2.33. The minimum Gasteiger partial charge on any atom is -0.356 e. The van der Waals surface area contributed by atoms with Crippen molar-refractivity contribution in [2.45, 2.75) is 52.0 Å². The molecule has 2 aliphatic rings. The van der Waals surface area contributed by atoms with Gasteiger partial charge in [0.05, 0.1) is 11.4 Å². The number of anilines is 2. The van der Waals surface area contributed by atoms with Gasteiger partial charge in [0, 0.05) is 51.9 Å². The molecule has 164 valence electrons. The fourth-order valence-electron chi connectivity index (χ4n) is 4.46.